The molecule has 3 aromatic rings. The second-order valence-electron chi connectivity index (χ2n) is 5.85. The molecular formula is C21H22N2O3. The fourth-order valence-corrected chi connectivity index (χ4v) is 2.76. The number of nitrogens with one attached hydrogen (secondary N) is 1. The van der Waals surface area contributed by atoms with Crippen LogP contribution in [-0.4, -0.2) is 24.2 Å². The molecule has 0 saturated heterocycles. The number of aryl methyl sites for hydroxylation is 1. The third-order valence-electron chi connectivity index (χ3n) is 3.89. The van der Waals surface area contributed by atoms with E-state index in [1.165, 1.54) is 0 Å². The third kappa shape index (κ3) is 3.94. The normalized spacial score (nSPS) is 10.6. The Morgan fingerprint density at radius 1 is 1.04 bits per heavy atom. The molecule has 0 radical (unpaired) electrons. The van der Waals surface area contributed by atoms with Crippen molar-refractivity contribution < 1.29 is 14.3 Å². The van der Waals surface area contributed by atoms with Gasteiger partial charge in [-0.2, -0.15) is 0 Å². The van der Waals surface area contributed by atoms with E-state index in [1.807, 2.05) is 50.2 Å². The van der Waals surface area contributed by atoms with Gasteiger partial charge in [-0.15, -0.1) is 0 Å². The van der Waals surface area contributed by atoms with Crippen LogP contribution >= 0.6 is 0 Å². The van der Waals surface area contributed by atoms with Crippen LogP contribution < -0.4 is 10.1 Å². The van der Waals surface area contributed by atoms with E-state index in [4.69, 9.17) is 9.47 Å². The first kappa shape index (κ1) is 17.7. The molecule has 1 aromatic heterocycles. The number of anilines is 2. The van der Waals surface area contributed by atoms with Gasteiger partial charge in [-0.05, 0) is 69.3 Å². The zero-order valence-electron chi connectivity index (χ0n) is 15.2. The lowest BCUT2D eigenvalue weighted by Gasteiger charge is -2.13. The summed E-state index contributed by atoms with van der Waals surface area (Å²) >= 11 is 0. The first-order valence-electron chi connectivity index (χ1n) is 8.69. The minimum absolute atomic E-state index is 0.314. The van der Waals surface area contributed by atoms with Crippen LogP contribution in [0.1, 0.15) is 29.9 Å². The van der Waals surface area contributed by atoms with E-state index < -0.39 is 0 Å². The number of aromatic nitrogens is 1. The molecule has 0 bridgehead atoms. The van der Waals surface area contributed by atoms with Crippen molar-refractivity contribution in [3.63, 3.8) is 0 Å². The minimum atomic E-state index is -0.314. The van der Waals surface area contributed by atoms with Crippen molar-refractivity contribution in [2.24, 2.45) is 0 Å². The van der Waals surface area contributed by atoms with Crippen LogP contribution in [0.4, 0.5) is 11.4 Å². The summed E-state index contributed by atoms with van der Waals surface area (Å²) in [7, 11) is 0. The van der Waals surface area contributed by atoms with Crippen LogP contribution in [0.2, 0.25) is 0 Å². The predicted molar refractivity (Wildman–Crippen MR) is 103 cm³/mol. The number of ether oxygens (including phenoxy) is 2. The standard InChI is InChI=1S/C21H22N2O3/c1-4-25-17-10-11-19-18(13-17)20(12-14(3)22-19)23-16-8-6-15(7-9-16)21(24)26-5-2/h6-13H,4-5H2,1-3H3,(H,22,23). The molecule has 134 valence electrons. The van der Waals surface area contributed by atoms with E-state index in [2.05, 4.69) is 10.3 Å². The van der Waals surface area contributed by atoms with E-state index >= 15 is 0 Å². The van der Waals surface area contributed by atoms with Crippen LogP contribution in [0.3, 0.4) is 0 Å². The average Bonchev–Trinajstić information content (AvgIpc) is 2.63. The maximum Gasteiger partial charge on any atom is 0.338 e. The monoisotopic (exact) mass is 350 g/mol. The molecule has 3 rings (SSSR count). The fraction of sp³-hybridized carbons (Fsp3) is 0.238. The molecule has 0 saturated carbocycles. The second kappa shape index (κ2) is 7.87. The number of carbonyl (C=O) groups is 1. The highest BCUT2D eigenvalue weighted by atomic mass is 16.5. The Morgan fingerprint density at radius 2 is 1.81 bits per heavy atom. The molecule has 26 heavy (non-hydrogen) atoms. The number of fused-ring (bicyclic) bond motifs is 1. The highest BCUT2D eigenvalue weighted by Crippen LogP contribution is 2.29. The molecule has 0 amide bonds. The van der Waals surface area contributed by atoms with Crippen molar-refractivity contribution in [2.75, 3.05) is 18.5 Å². The quantitative estimate of drug-likeness (QED) is 0.643. The lowest BCUT2D eigenvalue weighted by molar-refractivity contribution is 0.0526. The van der Waals surface area contributed by atoms with Gasteiger partial charge < -0.3 is 14.8 Å². The molecule has 5 nitrogen and oxygen atoms in total. The van der Waals surface area contributed by atoms with Gasteiger partial charge in [-0.1, -0.05) is 0 Å². The van der Waals surface area contributed by atoms with Crippen LogP contribution in [0, 0.1) is 6.92 Å². The molecule has 0 fully saturated rings. The molecule has 0 aliphatic carbocycles. The number of nitrogens with zero attached hydrogens (tertiary/aromatic N) is 1. The van der Waals surface area contributed by atoms with Crippen molar-refractivity contribution in [3.05, 3.63) is 59.8 Å². The predicted octanol–water partition coefficient (Wildman–Crippen LogP) is 4.86. The number of benzene rings is 2. The minimum Gasteiger partial charge on any atom is -0.494 e. The van der Waals surface area contributed by atoms with Crippen molar-refractivity contribution in [2.45, 2.75) is 20.8 Å². The van der Waals surface area contributed by atoms with Crippen LogP contribution in [-0.2, 0) is 4.74 Å². The molecule has 0 unspecified atom stereocenters. The first-order valence-corrected chi connectivity index (χ1v) is 8.69. The van der Waals surface area contributed by atoms with Crippen molar-refractivity contribution in [1.82, 2.24) is 4.98 Å². The zero-order valence-corrected chi connectivity index (χ0v) is 15.2. The highest BCUT2D eigenvalue weighted by molar-refractivity contribution is 5.94. The Hall–Kier alpha value is -3.08. The Morgan fingerprint density at radius 3 is 2.50 bits per heavy atom. The number of rotatable bonds is 6. The maximum absolute atomic E-state index is 11.8. The number of hydrogen-bond donors (Lipinski definition) is 1. The van der Waals surface area contributed by atoms with Gasteiger partial charge in [-0.25, -0.2) is 4.79 Å². The Balaban J connectivity index is 1.92. The molecule has 1 heterocycles. The molecule has 0 spiro atoms. The van der Waals surface area contributed by atoms with Crippen molar-refractivity contribution in [3.8, 4) is 5.75 Å². The number of hydrogen-bond acceptors (Lipinski definition) is 5. The lowest BCUT2D eigenvalue weighted by atomic mass is 10.1. The number of esters is 1. The summed E-state index contributed by atoms with van der Waals surface area (Å²) < 4.78 is 10.6. The van der Waals surface area contributed by atoms with Gasteiger partial charge in [0.2, 0.25) is 0 Å². The molecule has 1 N–H and O–H groups in total. The van der Waals surface area contributed by atoms with Gasteiger partial charge in [0.05, 0.1) is 24.3 Å². The van der Waals surface area contributed by atoms with E-state index in [0.717, 1.165) is 33.7 Å². The topological polar surface area (TPSA) is 60.5 Å². The Labute approximate surface area is 153 Å². The molecule has 0 aliphatic heterocycles. The number of carbonyl (C=O) groups excluding carboxylic acids is 1. The van der Waals surface area contributed by atoms with Crippen LogP contribution in [0.15, 0.2) is 48.5 Å². The SMILES string of the molecule is CCOC(=O)c1ccc(Nc2cc(C)nc3ccc(OCC)cc23)cc1. The molecule has 0 atom stereocenters. The smallest absolute Gasteiger partial charge is 0.338 e. The van der Waals surface area contributed by atoms with Crippen LogP contribution in [0.5, 0.6) is 5.75 Å². The lowest BCUT2D eigenvalue weighted by Crippen LogP contribution is -2.04. The first-order chi connectivity index (χ1) is 12.6. The van der Waals surface area contributed by atoms with Crippen molar-refractivity contribution in [1.29, 1.82) is 0 Å². The summed E-state index contributed by atoms with van der Waals surface area (Å²) in [6.07, 6.45) is 0. The summed E-state index contributed by atoms with van der Waals surface area (Å²) in [6.45, 7) is 6.69. The number of pyridine rings is 1. The highest BCUT2D eigenvalue weighted by Gasteiger charge is 2.09. The molecule has 2 aromatic carbocycles. The second-order valence-corrected chi connectivity index (χ2v) is 5.85. The van der Waals surface area contributed by atoms with Gasteiger partial charge in [0.15, 0.2) is 0 Å². The largest absolute Gasteiger partial charge is 0.494 e. The summed E-state index contributed by atoms with van der Waals surface area (Å²) in [6, 6.07) is 15.1. The van der Waals surface area contributed by atoms with E-state index in [1.54, 1.807) is 19.1 Å². The van der Waals surface area contributed by atoms with E-state index in [9.17, 15) is 4.79 Å². The summed E-state index contributed by atoms with van der Waals surface area (Å²) in [4.78, 5) is 16.3. The Kier molecular flexibility index (Phi) is 5.37. The van der Waals surface area contributed by atoms with Gasteiger partial charge in [0.25, 0.3) is 0 Å². The van der Waals surface area contributed by atoms with E-state index in [0.29, 0.717) is 18.8 Å². The van der Waals surface area contributed by atoms with Gasteiger partial charge in [0.1, 0.15) is 5.75 Å². The summed E-state index contributed by atoms with van der Waals surface area (Å²) in [5.74, 6) is 0.497. The third-order valence-corrected chi connectivity index (χ3v) is 3.89. The van der Waals surface area contributed by atoms with Gasteiger partial charge >= 0.3 is 5.97 Å². The van der Waals surface area contributed by atoms with Gasteiger partial charge in [0, 0.05) is 22.5 Å². The molecular weight excluding hydrogens is 328 g/mol. The summed E-state index contributed by atoms with van der Waals surface area (Å²) in [5, 5.41) is 4.39. The van der Waals surface area contributed by atoms with Crippen molar-refractivity contribution >= 4 is 28.2 Å². The van der Waals surface area contributed by atoms with E-state index in [-0.39, 0.29) is 5.97 Å². The molecule has 5 heteroatoms. The van der Waals surface area contributed by atoms with Gasteiger partial charge in [-0.3, -0.25) is 4.98 Å². The average molecular weight is 350 g/mol. The Bertz CT molecular complexity index is 920. The molecule has 0 aliphatic rings. The summed E-state index contributed by atoms with van der Waals surface area (Å²) in [5.41, 5.74) is 4.18. The van der Waals surface area contributed by atoms with Crippen LogP contribution in [0.25, 0.3) is 10.9 Å². The zero-order chi connectivity index (χ0) is 18.5. The fourth-order valence-electron chi connectivity index (χ4n) is 2.76. The maximum atomic E-state index is 11.8.